The van der Waals surface area contributed by atoms with Crippen molar-refractivity contribution in [2.45, 2.75) is 19.5 Å². The Bertz CT molecular complexity index is 830. The Morgan fingerprint density at radius 1 is 1.15 bits per heavy atom. The molecule has 7 heteroatoms. The minimum Gasteiger partial charge on any atom is -0.399 e. The van der Waals surface area contributed by atoms with Crippen molar-refractivity contribution in [2.75, 3.05) is 20.8 Å². The van der Waals surface area contributed by atoms with Gasteiger partial charge in [-0.05, 0) is 29.4 Å². The lowest BCUT2D eigenvalue weighted by molar-refractivity contribution is -0.765. The number of oxime groups is 1. The van der Waals surface area contributed by atoms with Gasteiger partial charge in [-0.3, -0.25) is 4.84 Å². The highest BCUT2D eigenvalue weighted by Crippen LogP contribution is 2.29. The van der Waals surface area contributed by atoms with Crippen LogP contribution in [0.15, 0.2) is 53.7 Å². The number of nitrogens with zero attached hydrogens (tertiary/aromatic N) is 2. The van der Waals surface area contributed by atoms with Gasteiger partial charge in [0.15, 0.2) is 13.7 Å². The highest BCUT2D eigenvalue weighted by atomic mass is 19.4. The Kier molecular flexibility index (Phi) is 6.98. The molecule has 0 fully saturated rings. The number of halogens is 3. The van der Waals surface area contributed by atoms with Gasteiger partial charge in [0.05, 0.1) is 16.8 Å². The van der Waals surface area contributed by atoms with Crippen molar-refractivity contribution in [3.63, 3.8) is 0 Å². The number of hydroxylamine groups is 1. The summed E-state index contributed by atoms with van der Waals surface area (Å²) in [6.45, 7) is 2.09. The third kappa shape index (κ3) is 6.13. The third-order valence-corrected chi connectivity index (χ3v) is 3.84. The lowest BCUT2D eigenvalue weighted by atomic mass is 10.1. The van der Waals surface area contributed by atoms with Crippen LogP contribution >= 0.6 is 0 Å². The van der Waals surface area contributed by atoms with Crippen LogP contribution in [0.4, 0.5) is 13.2 Å². The molecule has 4 nitrogen and oxygen atoms in total. The molecule has 0 saturated carbocycles. The zero-order valence-corrected chi connectivity index (χ0v) is 15.5. The maximum absolute atomic E-state index is 12.8. The molecule has 0 aliphatic carbocycles. The van der Waals surface area contributed by atoms with Gasteiger partial charge in [-0.2, -0.15) is 13.2 Å². The largest absolute Gasteiger partial charge is 0.416 e. The lowest BCUT2D eigenvalue weighted by Crippen LogP contribution is -2.13. The van der Waals surface area contributed by atoms with Gasteiger partial charge in [0.1, 0.15) is 7.11 Å². The minimum absolute atomic E-state index is 0.252. The monoisotopic (exact) mass is 379 g/mol. The normalized spacial score (nSPS) is 12.8. The minimum atomic E-state index is -4.34. The molecule has 0 saturated heterocycles. The first-order valence-electron chi connectivity index (χ1n) is 8.35. The van der Waals surface area contributed by atoms with Crippen molar-refractivity contribution in [1.29, 1.82) is 0 Å². The van der Waals surface area contributed by atoms with Crippen LogP contribution in [0.3, 0.4) is 0 Å². The van der Waals surface area contributed by atoms with Crippen LogP contribution in [0, 0.1) is 0 Å². The summed E-state index contributed by atoms with van der Waals surface area (Å²) in [7, 11) is 3.21. The zero-order valence-electron chi connectivity index (χ0n) is 15.5. The van der Waals surface area contributed by atoms with E-state index in [9.17, 15) is 13.2 Å². The first-order chi connectivity index (χ1) is 12.8. The second kappa shape index (κ2) is 9.21. The van der Waals surface area contributed by atoms with Crippen LogP contribution in [-0.4, -0.2) is 37.4 Å². The van der Waals surface area contributed by atoms with E-state index in [1.807, 2.05) is 31.2 Å². The van der Waals surface area contributed by atoms with Crippen LogP contribution in [-0.2, 0) is 22.3 Å². The fourth-order valence-corrected chi connectivity index (χ4v) is 2.57. The van der Waals surface area contributed by atoms with Gasteiger partial charge in [-0.25, -0.2) is 0 Å². The molecule has 0 aliphatic heterocycles. The van der Waals surface area contributed by atoms with Gasteiger partial charge in [0.25, 0.3) is 0 Å². The zero-order chi connectivity index (χ0) is 19.9. The van der Waals surface area contributed by atoms with E-state index in [1.165, 1.54) is 17.9 Å². The highest BCUT2D eigenvalue weighted by molar-refractivity contribution is 6.04. The van der Waals surface area contributed by atoms with Gasteiger partial charge in [-0.1, -0.05) is 41.6 Å². The van der Waals surface area contributed by atoms with Gasteiger partial charge < -0.3 is 4.84 Å². The van der Waals surface area contributed by atoms with E-state index >= 15 is 0 Å². The van der Waals surface area contributed by atoms with Crippen molar-refractivity contribution in [3.8, 4) is 0 Å². The molecular weight excluding hydrogens is 357 g/mol. The quantitative estimate of drug-likeness (QED) is 0.408. The van der Waals surface area contributed by atoms with E-state index in [0.717, 1.165) is 29.0 Å². The molecule has 0 unspecified atom stereocenters. The number of hydrogen-bond donors (Lipinski definition) is 0. The van der Waals surface area contributed by atoms with Crippen molar-refractivity contribution >= 4 is 11.9 Å². The standard InChI is InChI=1S/C20H22F3N2O2/c1-15(24-26-3)19-10-5-4-8-17(19)14-25(2)27-12-11-16-7-6-9-18(13-16)20(21,22)23/h4-10,13-14H,11-12H2,1-3H3/q+1/b24-15+,25-14+. The van der Waals surface area contributed by atoms with Gasteiger partial charge in [-0.15, -0.1) is 0 Å². The summed E-state index contributed by atoms with van der Waals surface area (Å²) >= 11 is 0. The molecule has 0 aliphatic rings. The molecule has 0 bridgehead atoms. The van der Waals surface area contributed by atoms with Gasteiger partial charge in [0, 0.05) is 12.0 Å². The maximum atomic E-state index is 12.8. The summed E-state index contributed by atoms with van der Waals surface area (Å²) in [6.07, 6.45) is -2.18. The first-order valence-corrected chi connectivity index (χ1v) is 8.35. The Balaban J connectivity index is 2.03. The summed E-state index contributed by atoms with van der Waals surface area (Å²) in [5.74, 6) is 0. The van der Waals surface area contributed by atoms with Crippen LogP contribution in [0.25, 0.3) is 0 Å². The molecule has 2 aromatic rings. The molecular formula is C20H22F3N2O2+. The number of benzene rings is 2. The molecule has 27 heavy (non-hydrogen) atoms. The highest BCUT2D eigenvalue weighted by Gasteiger charge is 2.30. The molecule has 144 valence electrons. The first kappa shape index (κ1) is 20.5. The number of alkyl halides is 3. The second-order valence-corrected chi connectivity index (χ2v) is 5.90. The van der Waals surface area contributed by atoms with Crippen LogP contribution in [0.5, 0.6) is 0 Å². The summed E-state index contributed by atoms with van der Waals surface area (Å²) < 4.78 is 39.8. The van der Waals surface area contributed by atoms with E-state index in [-0.39, 0.29) is 6.61 Å². The second-order valence-electron chi connectivity index (χ2n) is 5.90. The molecule has 0 spiro atoms. The number of hydrogen-bond acceptors (Lipinski definition) is 3. The molecule has 0 radical (unpaired) electrons. The SMILES string of the molecule is CO/N=C(\C)c1ccccc1/C=[N+](\C)OCCc1cccc(C(F)(F)F)c1. The van der Waals surface area contributed by atoms with Gasteiger partial charge in [0.2, 0.25) is 6.21 Å². The van der Waals surface area contributed by atoms with E-state index in [0.29, 0.717) is 12.0 Å². The molecule has 0 aromatic heterocycles. The molecule has 0 heterocycles. The Hall–Kier alpha value is -2.83. The summed E-state index contributed by atoms with van der Waals surface area (Å²) in [6, 6.07) is 12.9. The lowest BCUT2D eigenvalue weighted by Gasteiger charge is -2.08. The van der Waals surface area contributed by atoms with Crippen molar-refractivity contribution in [1.82, 2.24) is 0 Å². The molecule has 0 amide bonds. The smallest absolute Gasteiger partial charge is 0.399 e. The molecule has 0 N–H and O–H groups in total. The Morgan fingerprint density at radius 3 is 2.59 bits per heavy atom. The third-order valence-electron chi connectivity index (χ3n) is 3.84. The fraction of sp³-hybridized carbons (Fsp3) is 0.300. The van der Waals surface area contributed by atoms with E-state index in [1.54, 1.807) is 19.3 Å². The van der Waals surface area contributed by atoms with Crippen LogP contribution in [0.1, 0.15) is 29.2 Å². The van der Waals surface area contributed by atoms with Gasteiger partial charge >= 0.3 is 6.18 Å². The summed E-state index contributed by atoms with van der Waals surface area (Å²) in [5.41, 5.74) is 2.43. The van der Waals surface area contributed by atoms with E-state index in [4.69, 9.17) is 9.68 Å². The van der Waals surface area contributed by atoms with E-state index in [2.05, 4.69) is 5.16 Å². The topological polar surface area (TPSA) is 33.8 Å². The predicted octanol–water partition coefficient (Wildman–Crippen LogP) is 4.31. The average Bonchev–Trinajstić information content (AvgIpc) is 2.62. The Morgan fingerprint density at radius 2 is 1.89 bits per heavy atom. The van der Waals surface area contributed by atoms with Crippen LogP contribution in [0.2, 0.25) is 0 Å². The van der Waals surface area contributed by atoms with Crippen molar-refractivity contribution < 1.29 is 27.6 Å². The Labute approximate surface area is 156 Å². The number of rotatable bonds is 7. The summed E-state index contributed by atoms with van der Waals surface area (Å²) in [5, 5.41) is 3.94. The maximum Gasteiger partial charge on any atom is 0.416 e. The predicted molar refractivity (Wildman–Crippen MR) is 98.1 cm³/mol. The van der Waals surface area contributed by atoms with E-state index < -0.39 is 11.7 Å². The summed E-state index contributed by atoms with van der Waals surface area (Å²) in [4.78, 5) is 10.4. The molecule has 0 atom stereocenters. The van der Waals surface area contributed by atoms with Crippen molar-refractivity contribution in [2.24, 2.45) is 5.16 Å². The van der Waals surface area contributed by atoms with Crippen molar-refractivity contribution in [3.05, 3.63) is 70.8 Å². The molecule has 2 rings (SSSR count). The van der Waals surface area contributed by atoms with Crippen LogP contribution < -0.4 is 0 Å². The average molecular weight is 379 g/mol. The molecule has 2 aromatic carbocycles. The fourth-order valence-electron chi connectivity index (χ4n) is 2.57.